The first-order valence-corrected chi connectivity index (χ1v) is 4.01. The zero-order valence-electron chi connectivity index (χ0n) is 7.20. The van der Waals surface area contributed by atoms with Crippen LogP contribution in [-0.4, -0.2) is 62.2 Å². The lowest BCUT2D eigenvalue weighted by Gasteiger charge is -2.39. The van der Waals surface area contributed by atoms with Gasteiger partial charge in [-0.3, -0.25) is 0 Å². The second-order valence-corrected chi connectivity index (χ2v) is 3.19. The highest BCUT2D eigenvalue weighted by molar-refractivity contribution is 5.75. The van der Waals surface area contributed by atoms with Gasteiger partial charge in [0.05, 0.1) is 12.7 Å². The molecule has 4 atom stereocenters. The van der Waals surface area contributed by atoms with E-state index in [1.807, 2.05) is 0 Å². The molecule has 0 aromatic heterocycles. The van der Waals surface area contributed by atoms with Crippen molar-refractivity contribution in [3.63, 3.8) is 0 Å². The topological polar surface area (TPSA) is 127 Å². The van der Waals surface area contributed by atoms with Crippen molar-refractivity contribution in [2.75, 3.05) is 6.61 Å². The van der Waals surface area contributed by atoms with Crippen LogP contribution in [0.25, 0.3) is 0 Å². The Morgan fingerprint density at radius 2 is 2.07 bits per heavy atom. The molecular weight excluding hydrogens is 196 g/mol. The molecule has 0 amide bonds. The summed E-state index contributed by atoms with van der Waals surface area (Å²) in [5, 5.41) is 45.0. The molecule has 14 heavy (non-hydrogen) atoms. The van der Waals surface area contributed by atoms with Gasteiger partial charge in [0, 0.05) is 6.42 Å². The van der Waals surface area contributed by atoms with Gasteiger partial charge in [0.2, 0.25) is 0 Å². The summed E-state index contributed by atoms with van der Waals surface area (Å²) in [6.07, 6.45) is -4.79. The highest BCUT2D eigenvalue weighted by Crippen LogP contribution is 2.27. The Bertz CT molecular complexity index is 230. The van der Waals surface area contributed by atoms with Gasteiger partial charge in [-0.2, -0.15) is 0 Å². The average molecular weight is 208 g/mol. The Morgan fingerprint density at radius 3 is 2.50 bits per heavy atom. The van der Waals surface area contributed by atoms with Crippen molar-refractivity contribution < 1.29 is 35.1 Å². The second-order valence-electron chi connectivity index (χ2n) is 3.19. The Balaban J connectivity index is 2.81. The molecule has 1 rings (SSSR count). The van der Waals surface area contributed by atoms with Crippen molar-refractivity contribution in [3.8, 4) is 0 Å². The highest BCUT2D eigenvalue weighted by atomic mass is 16.7. The van der Waals surface area contributed by atoms with E-state index in [0.717, 1.165) is 0 Å². The fourth-order valence-electron chi connectivity index (χ4n) is 1.30. The minimum absolute atomic E-state index is 0.639. The van der Waals surface area contributed by atoms with Gasteiger partial charge in [0.25, 0.3) is 5.79 Å². The predicted molar refractivity (Wildman–Crippen MR) is 41.2 cm³/mol. The van der Waals surface area contributed by atoms with Gasteiger partial charge in [-0.05, 0) is 0 Å². The maximum Gasteiger partial charge on any atom is 0.364 e. The summed E-state index contributed by atoms with van der Waals surface area (Å²) in [6, 6.07) is 0. The van der Waals surface area contributed by atoms with Crippen molar-refractivity contribution in [3.05, 3.63) is 0 Å². The molecule has 1 fully saturated rings. The number of hydrogen-bond donors (Lipinski definition) is 5. The molecule has 7 nitrogen and oxygen atoms in total. The molecule has 0 bridgehead atoms. The van der Waals surface area contributed by atoms with Crippen LogP contribution in [0.3, 0.4) is 0 Å². The number of aliphatic carboxylic acids is 1. The van der Waals surface area contributed by atoms with Crippen molar-refractivity contribution in [1.29, 1.82) is 0 Å². The molecule has 7 heteroatoms. The van der Waals surface area contributed by atoms with Crippen molar-refractivity contribution in [1.82, 2.24) is 0 Å². The summed E-state index contributed by atoms with van der Waals surface area (Å²) in [6.45, 7) is -0.687. The first kappa shape index (κ1) is 11.3. The number of aliphatic hydroxyl groups excluding tert-OH is 3. The molecule has 1 aliphatic rings. The summed E-state index contributed by atoms with van der Waals surface area (Å²) in [5.41, 5.74) is 0. The molecule has 0 spiro atoms. The van der Waals surface area contributed by atoms with E-state index in [0.29, 0.717) is 0 Å². The molecule has 0 aliphatic carbocycles. The molecule has 1 heterocycles. The lowest BCUT2D eigenvalue weighted by molar-refractivity contribution is -0.298. The predicted octanol–water partition coefficient (Wildman–Crippen LogP) is -2.74. The molecule has 1 unspecified atom stereocenters. The van der Waals surface area contributed by atoms with Gasteiger partial charge in [-0.15, -0.1) is 0 Å². The molecule has 82 valence electrons. The molecule has 1 aliphatic heterocycles. The average Bonchev–Trinajstić information content (AvgIpc) is 2.11. The number of carbonyl (C=O) groups is 1. The van der Waals surface area contributed by atoms with Crippen LogP contribution < -0.4 is 0 Å². The van der Waals surface area contributed by atoms with E-state index in [4.69, 9.17) is 10.2 Å². The Kier molecular flexibility index (Phi) is 3.07. The number of carboxylic acids is 1. The van der Waals surface area contributed by atoms with Crippen LogP contribution >= 0.6 is 0 Å². The van der Waals surface area contributed by atoms with Gasteiger partial charge in [0.15, 0.2) is 0 Å². The SMILES string of the molecule is O=C(O)C1(O)C[C@@H](O)[C@H](O)[C@@H](CO)O1. The standard InChI is InChI=1S/C7H12O7/c8-2-4-5(10)3(9)1-7(13,14-4)6(11)12/h3-5,8-10,13H,1-2H2,(H,11,12)/t3-,4-,5+,7?/m1/s1. The lowest BCUT2D eigenvalue weighted by atomic mass is 9.96. The molecule has 0 aromatic carbocycles. The van der Waals surface area contributed by atoms with E-state index in [-0.39, 0.29) is 0 Å². The van der Waals surface area contributed by atoms with Crippen molar-refractivity contribution in [2.45, 2.75) is 30.5 Å². The normalized spacial score (nSPS) is 43.6. The summed E-state index contributed by atoms with van der Waals surface area (Å²) in [7, 11) is 0. The summed E-state index contributed by atoms with van der Waals surface area (Å²) >= 11 is 0. The third-order valence-electron chi connectivity index (χ3n) is 2.12. The van der Waals surface area contributed by atoms with Gasteiger partial charge in [-0.1, -0.05) is 0 Å². The first-order valence-electron chi connectivity index (χ1n) is 4.01. The zero-order chi connectivity index (χ0) is 10.9. The molecule has 0 radical (unpaired) electrons. The number of ether oxygens (including phenoxy) is 1. The van der Waals surface area contributed by atoms with Crippen LogP contribution in [-0.2, 0) is 9.53 Å². The molecule has 1 saturated heterocycles. The monoisotopic (exact) mass is 208 g/mol. The first-order chi connectivity index (χ1) is 6.40. The van der Waals surface area contributed by atoms with Crippen LogP contribution in [0.15, 0.2) is 0 Å². The van der Waals surface area contributed by atoms with E-state index in [2.05, 4.69) is 4.74 Å². The molecule has 0 saturated carbocycles. The van der Waals surface area contributed by atoms with Crippen LogP contribution in [0.1, 0.15) is 6.42 Å². The van der Waals surface area contributed by atoms with Gasteiger partial charge < -0.3 is 30.3 Å². The Hall–Kier alpha value is -0.730. The van der Waals surface area contributed by atoms with E-state index in [9.17, 15) is 20.1 Å². The number of hydrogen-bond acceptors (Lipinski definition) is 6. The van der Waals surface area contributed by atoms with Crippen LogP contribution in [0.2, 0.25) is 0 Å². The molecular formula is C7H12O7. The lowest BCUT2D eigenvalue weighted by Crippen LogP contribution is -2.59. The quantitative estimate of drug-likeness (QED) is 0.333. The minimum Gasteiger partial charge on any atom is -0.477 e. The van der Waals surface area contributed by atoms with E-state index in [1.54, 1.807) is 0 Å². The fourth-order valence-corrected chi connectivity index (χ4v) is 1.30. The smallest absolute Gasteiger partial charge is 0.364 e. The minimum atomic E-state index is -2.55. The summed E-state index contributed by atoms with van der Waals surface area (Å²) < 4.78 is 4.56. The maximum absolute atomic E-state index is 10.5. The summed E-state index contributed by atoms with van der Waals surface area (Å²) in [4.78, 5) is 10.5. The largest absolute Gasteiger partial charge is 0.477 e. The van der Waals surface area contributed by atoms with Gasteiger partial charge in [-0.25, -0.2) is 4.79 Å². The van der Waals surface area contributed by atoms with Crippen molar-refractivity contribution >= 4 is 5.97 Å². The fraction of sp³-hybridized carbons (Fsp3) is 0.857. The van der Waals surface area contributed by atoms with Gasteiger partial charge >= 0.3 is 5.97 Å². The third kappa shape index (κ3) is 1.86. The second kappa shape index (κ2) is 3.79. The number of aliphatic hydroxyl groups is 4. The van der Waals surface area contributed by atoms with Gasteiger partial charge in [0.1, 0.15) is 12.2 Å². The van der Waals surface area contributed by atoms with E-state index in [1.165, 1.54) is 0 Å². The number of rotatable bonds is 2. The summed E-state index contributed by atoms with van der Waals surface area (Å²) in [5.74, 6) is -4.21. The zero-order valence-corrected chi connectivity index (χ0v) is 7.20. The van der Waals surface area contributed by atoms with Crippen LogP contribution in [0, 0.1) is 0 Å². The highest BCUT2D eigenvalue weighted by Gasteiger charge is 2.50. The molecule has 5 N–H and O–H groups in total. The van der Waals surface area contributed by atoms with Crippen LogP contribution in [0.5, 0.6) is 0 Å². The number of carboxylic acid groups (broad SMARTS) is 1. The Labute approximate surface area is 79.2 Å². The molecule has 0 aromatic rings. The van der Waals surface area contributed by atoms with E-state index >= 15 is 0 Å². The maximum atomic E-state index is 10.5. The van der Waals surface area contributed by atoms with Crippen molar-refractivity contribution in [2.24, 2.45) is 0 Å². The third-order valence-corrected chi connectivity index (χ3v) is 2.12. The van der Waals surface area contributed by atoms with Crippen LogP contribution in [0.4, 0.5) is 0 Å². The van der Waals surface area contributed by atoms with E-state index < -0.39 is 43.1 Å². The Morgan fingerprint density at radius 1 is 1.50 bits per heavy atom.